The number of carbonyl (C=O) groups excluding carboxylic acids is 2. The Morgan fingerprint density at radius 1 is 0.947 bits per heavy atom. The van der Waals surface area contributed by atoms with Gasteiger partial charge in [0.15, 0.2) is 11.5 Å². The van der Waals surface area contributed by atoms with Crippen molar-refractivity contribution in [3.05, 3.63) is 86.0 Å². The molecule has 3 atom stereocenters. The number of nitro groups is 1. The van der Waals surface area contributed by atoms with Crippen molar-refractivity contribution in [2.75, 3.05) is 26.8 Å². The molecule has 11 nitrogen and oxygen atoms in total. The number of aliphatic hydroxyl groups excluding tert-OH is 1. The number of non-ortho nitro benzene ring substituents is 1. The van der Waals surface area contributed by atoms with E-state index in [1.54, 1.807) is 6.07 Å². The minimum Gasteiger partial charge on any atom is -0.493 e. The van der Waals surface area contributed by atoms with Crippen molar-refractivity contribution in [2.45, 2.75) is 122 Å². The lowest BCUT2D eigenvalue weighted by Crippen LogP contribution is -2.40. The molecule has 2 aliphatic rings. The number of hydrogen-bond donors (Lipinski definition) is 2. The summed E-state index contributed by atoms with van der Waals surface area (Å²) in [7, 11) is 1.37. The van der Waals surface area contributed by atoms with Gasteiger partial charge in [-0.2, -0.15) is 13.2 Å². The molecule has 2 amide bonds. The fraction of sp³-hybridized carbons (Fsp3) is 0.535. The molecule has 3 aromatic rings. The van der Waals surface area contributed by atoms with Gasteiger partial charge in [0.05, 0.1) is 30.3 Å². The Hall–Kier alpha value is -4.85. The monoisotopic (exact) mass is 797 g/mol. The number of ether oxygens (including phenoxy) is 3. The Labute approximate surface area is 332 Å². The molecule has 310 valence electrons. The lowest BCUT2D eigenvalue weighted by molar-refractivity contribution is -0.385. The second-order valence-electron chi connectivity index (χ2n) is 16.2. The molecule has 0 heterocycles. The van der Waals surface area contributed by atoms with Crippen LogP contribution >= 0.6 is 0 Å². The van der Waals surface area contributed by atoms with Crippen molar-refractivity contribution in [3.8, 4) is 23.0 Å². The maximum absolute atomic E-state index is 14.3. The Morgan fingerprint density at radius 2 is 1.61 bits per heavy atom. The van der Waals surface area contributed by atoms with Crippen LogP contribution in [0.25, 0.3) is 0 Å². The number of nitrogens with one attached hydrogen (secondary N) is 1. The second kappa shape index (κ2) is 16.9. The Kier molecular flexibility index (Phi) is 12.9. The van der Waals surface area contributed by atoms with E-state index in [1.165, 1.54) is 25.7 Å². The summed E-state index contributed by atoms with van der Waals surface area (Å²) in [4.78, 5) is 38.1. The summed E-state index contributed by atoms with van der Waals surface area (Å²) in [6.45, 7) is 14.0. The Balaban J connectivity index is 1.45. The van der Waals surface area contributed by atoms with Crippen molar-refractivity contribution in [1.29, 1.82) is 0 Å². The number of methoxy groups -OCH3 is 1. The molecule has 57 heavy (non-hydrogen) atoms. The maximum Gasteiger partial charge on any atom is 0.471 e. The van der Waals surface area contributed by atoms with Crippen LogP contribution in [-0.2, 0) is 22.2 Å². The van der Waals surface area contributed by atoms with Gasteiger partial charge in [0.25, 0.3) is 11.6 Å². The smallest absolute Gasteiger partial charge is 0.471 e. The summed E-state index contributed by atoms with van der Waals surface area (Å²) in [6, 6.07) is 11.4. The van der Waals surface area contributed by atoms with E-state index in [9.17, 15) is 38.0 Å². The molecule has 5 rings (SSSR count). The zero-order valence-electron chi connectivity index (χ0n) is 34.0. The van der Waals surface area contributed by atoms with E-state index < -0.39 is 41.3 Å². The average molecular weight is 798 g/mol. The van der Waals surface area contributed by atoms with Gasteiger partial charge in [-0.05, 0) is 84.7 Å². The number of alkyl halides is 3. The molecule has 2 bridgehead atoms. The SMILES string of the molecule is CCN(Cc1cc([N+](=O)[O-])ccc1Oc1c(OC)cc2c(c1C(=O)NCCCOc1ccc(C(C)(C)CC)cc1C(C)(C)CC)C1CCC2C1O)C(=O)C(F)(F)F. The number of carbonyl (C=O) groups is 2. The molecule has 0 aromatic heterocycles. The average Bonchev–Trinajstić information content (AvgIpc) is 3.67. The third-order valence-corrected chi connectivity index (χ3v) is 12.0. The molecule has 0 radical (unpaired) electrons. The third kappa shape index (κ3) is 8.85. The molecular weight excluding hydrogens is 743 g/mol. The summed E-state index contributed by atoms with van der Waals surface area (Å²) in [6.07, 6.45) is -2.25. The number of nitro benzene ring substituents is 1. The highest BCUT2D eigenvalue weighted by molar-refractivity contribution is 6.00. The molecule has 0 saturated heterocycles. The molecule has 0 spiro atoms. The normalized spacial score (nSPS) is 17.6. The van der Waals surface area contributed by atoms with Crippen LogP contribution in [0.5, 0.6) is 23.0 Å². The van der Waals surface area contributed by atoms with Crippen LogP contribution in [0.15, 0.2) is 42.5 Å². The maximum atomic E-state index is 14.3. The summed E-state index contributed by atoms with van der Waals surface area (Å²) >= 11 is 0. The number of amides is 2. The van der Waals surface area contributed by atoms with Crippen molar-refractivity contribution in [1.82, 2.24) is 10.2 Å². The fourth-order valence-electron chi connectivity index (χ4n) is 7.76. The van der Waals surface area contributed by atoms with Crippen molar-refractivity contribution >= 4 is 17.5 Å². The van der Waals surface area contributed by atoms with Gasteiger partial charge in [0.1, 0.15) is 11.5 Å². The van der Waals surface area contributed by atoms with Crippen molar-refractivity contribution < 1.29 is 47.0 Å². The highest BCUT2D eigenvalue weighted by Gasteiger charge is 2.49. The molecule has 0 aliphatic heterocycles. The van der Waals surface area contributed by atoms with E-state index in [0.29, 0.717) is 36.3 Å². The third-order valence-electron chi connectivity index (χ3n) is 12.0. The number of halogens is 3. The van der Waals surface area contributed by atoms with Crippen LogP contribution in [0.2, 0.25) is 0 Å². The van der Waals surface area contributed by atoms with E-state index >= 15 is 0 Å². The summed E-state index contributed by atoms with van der Waals surface area (Å²) in [5, 5.41) is 25.9. The number of benzene rings is 3. The first-order chi connectivity index (χ1) is 26.8. The zero-order valence-corrected chi connectivity index (χ0v) is 34.0. The molecule has 3 aromatic carbocycles. The lowest BCUT2D eigenvalue weighted by Gasteiger charge is -2.30. The van der Waals surface area contributed by atoms with Gasteiger partial charge in [0, 0.05) is 54.7 Å². The van der Waals surface area contributed by atoms with Gasteiger partial charge < -0.3 is 29.5 Å². The minimum absolute atomic E-state index is 0.00183. The van der Waals surface area contributed by atoms with E-state index in [0.717, 1.165) is 41.9 Å². The van der Waals surface area contributed by atoms with Crippen LogP contribution < -0.4 is 19.5 Å². The van der Waals surface area contributed by atoms with E-state index in [4.69, 9.17) is 14.2 Å². The quantitative estimate of drug-likeness (QED) is 0.0783. The zero-order chi connectivity index (χ0) is 42.0. The predicted octanol–water partition coefficient (Wildman–Crippen LogP) is 9.22. The topological polar surface area (TPSA) is 140 Å². The van der Waals surface area contributed by atoms with E-state index in [-0.39, 0.29) is 64.1 Å². The molecule has 1 fully saturated rings. The van der Waals surface area contributed by atoms with E-state index in [1.807, 2.05) is 6.07 Å². The fourth-order valence-corrected chi connectivity index (χ4v) is 7.76. The van der Waals surface area contributed by atoms with Gasteiger partial charge in [-0.1, -0.05) is 53.7 Å². The number of fused-ring (bicyclic) bond motifs is 5. The molecule has 14 heteroatoms. The molecule has 3 unspecified atom stereocenters. The minimum atomic E-state index is -5.18. The molecule has 2 N–H and O–H groups in total. The predicted molar refractivity (Wildman–Crippen MR) is 210 cm³/mol. The second-order valence-corrected chi connectivity index (χ2v) is 16.2. The van der Waals surface area contributed by atoms with Gasteiger partial charge in [0.2, 0.25) is 0 Å². The first kappa shape index (κ1) is 43.3. The van der Waals surface area contributed by atoms with Gasteiger partial charge in [-0.3, -0.25) is 19.7 Å². The lowest BCUT2D eigenvalue weighted by atomic mass is 9.76. The van der Waals surface area contributed by atoms with Crippen molar-refractivity contribution in [3.63, 3.8) is 0 Å². The number of aliphatic hydroxyl groups is 1. The van der Waals surface area contributed by atoms with Crippen LogP contribution in [0, 0.1) is 10.1 Å². The molecule has 2 aliphatic carbocycles. The van der Waals surface area contributed by atoms with Crippen LogP contribution in [0.3, 0.4) is 0 Å². The number of nitrogens with zero attached hydrogens (tertiary/aromatic N) is 2. The Bertz CT molecular complexity index is 2000. The van der Waals surface area contributed by atoms with Gasteiger partial charge >= 0.3 is 12.1 Å². The van der Waals surface area contributed by atoms with Crippen LogP contribution in [0.1, 0.15) is 131 Å². The summed E-state index contributed by atoms with van der Waals surface area (Å²) in [5.41, 5.74) is 3.14. The largest absolute Gasteiger partial charge is 0.493 e. The van der Waals surface area contributed by atoms with Gasteiger partial charge in [-0.15, -0.1) is 0 Å². The first-order valence-electron chi connectivity index (χ1n) is 19.6. The number of rotatable bonds is 17. The molecular formula is C43H54F3N3O8. The summed E-state index contributed by atoms with van der Waals surface area (Å²) in [5.74, 6) is -2.51. The highest BCUT2D eigenvalue weighted by Crippen LogP contribution is 2.58. The highest BCUT2D eigenvalue weighted by atomic mass is 19.4. The van der Waals surface area contributed by atoms with E-state index in [2.05, 4.69) is 59.0 Å². The Morgan fingerprint density at radius 3 is 2.23 bits per heavy atom. The standard InChI is InChI=1S/C43H54F3N3O8/c1-9-41(4,5)26-13-17-33(31(22-26)42(6,7)10-2)56-20-12-19-47-39(51)36-35-29-16-15-28(37(29)50)30(35)23-34(55-8)38(36)57-32-18-14-27(49(53)54)21-25(32)24-48(11-3)40(52)43(44,45)46/h13-14,17-18,21-23,28-29,37,50H,9-12,15-16,19-20,24H2,1-8H3,(H,47,51). The summed E-state index contributed by atoms with van der Waals surface area (Å²) < 4.78 is 58.8. The molecule has 1 saturated carbocycles. The van der Waals surface area contributed by atoms with Crippen molar-refractivity contribution in [2.24, 2.45) is 0 Å². The van der Waals surface area contributed by atoms with Crippen LogP contribution in [0.4, 0.5) is 18.9 Å². The van der Waals surface area contributed by atoms with Gasteiger partial charge in [-0.25, -0.2) is 0 Å². The van der Waals surface area contributed by atoms with Crippen LogP contribution in [-0.4, -0.2) is 65.8 Å². The number of hydrogen-bond acceptors (Lipinski definition) is 8. The first-order valence-corrected chi connectivity index (χ1v) is 19.6.